The van der Waals surface area contributed by atoms with Crippen molar-refractivity contribution >= 4 is 17.6 Å². The minimum atomic E-state index is -0.820. The fourth-order valence-corrected chi connectivity index (χ4v) is 2.92. The Morgan fingerprint density at radius 3 is 3.10 bits per heavy atom. The van der Waals surface area contributed by atoms with Crippen molar-refractivity contribution in [3.63, 3.8) is 0 Å². The molecule has 0 amide bonds. The molecule has 0 aliphatic carbocycles. The number of hydrogen-bond donors (Lipinski definition) is 1. The molecule has 2 heterocycles. The molecule has 6 nitrogen and oxygen atoms in total. The van der Waals surface area contributed by atoms with Crippen LogP contribution in [-0.4, -0.2) is 48.6 Å². The molecule has 114 valence electrons. The molecule has 0 spiro atoms. The first-order valence-electron chi connectivity index (χ1n) is 6.75. The van der Waals surface area contributed by atoms with Gasteiger partial charge in [0, 0.05) is 19.1 Å². The van der Waals surface area contributed by atoms with Gasteiger partial charge in [-0.25, -0.2) is 0 Å². The fraction of sp³-hybridized carbons (Fsp3) is 0.500. The van der Waals surface area contributed by atoms with E-state index in [-0.39, 0.29) is 19.3 Å². The lowest BCUT2D eigenvalue weighted by atomic mass is 10.1. The van der Waals surface area contributed by atoms with Crippen LogP contribution in [0, 0.1) is 0 Å². The number of morpholine rings is 1. The molecule has 7 heteroatoms. The highest BCUT2D eigenvalue weighted by Crippen LogP contribution is 2.40. The molecule has 2 aliphatic heterocycles. The Labute approximate surface area is 127 Å². The number of aliphatic carboxylic acids is 1. The highest BCUT2D eigenvalue weighted by atomic mass is 35.5. The molecular formula is C14H16ClNO5. The van der Waals surface area contributed by atoms with Gasteiger partial charge in [0.05, 0.1) is 24.7 Å². The Morgan fingerprint density at radius 1 is 1.43 bits per heavy atom. The molecule has 1 N–H and O–H groups in total. The monoisotopic (exact) mass is 313 g/mol. The number of rotatable bonds is 4. The topological polar surface area (TPSA) is 68.2 Å². The Kier molecular flexibility index (Phi) is 4.19. The van der Waals surface area contributed by atoms with E-state index in [4.69, 9.17) is 30.9 Å². The summed E-state index contributed by atoms with van der Waals surface area (Å²) >= 11 is 6.17. The zero-order valence-electron chi connectivity index (χ0n) is 11.4. The van der Waals surface area contributed by atoms with Crippen LogP contribution in [0.25, 0.3) is 0 Å². The number of nitrogens with zero attached hydrogens (tertiary/aromatic N) is 1. The number of halogens is 1. The summed E-state index contributed by atoms with van der Waals surface area (Å²) in [6.45, 7) is 2.53. The molecular weight excluding hydrogens is 298 g/mol. The lowest BCUT2D eigenvalue weighted by molar-refractivity contribution is -0.140. The lowest BCUT2D eigenvalue weighted by Crippen LogP contribution is -2.45. The molecule has 1 unspecified atom stereocenters. The van der Waals surface area contributed by atoms with Crippen molar-refractivity contribution in [2.75, 3.05) is 26.6 Å². The molecule has 0 saturated carbocycles. The van der Waals surface area contributed by atoms with Crippen LogP contribution in [0.5, 0.6) is 11.5 Å². The fourth-order valence-electron chi connectivity index (χ4n) is 2.63. The first-order chi connectivity index (χ1) is 10.1. The molecule has 1 fully saturated rings. The minimum absolute atomic E-state index is 0.0677. The normalized spacial score (nSPS) is 21.5. The second-order valence-electron chi connectivity index (χ2n) is 5.11. The van der Waals surface area contributed by atoms with Gasteiger partial charge in [-0.1, -0.05) is 11.6 Å². The van der Waals surface area contributed by atoms with Gasteiger partial charge in [0.15, 0.2) is 11.5 Å². The quantitative estimate of drug-likeness (QED) is 0.913. The Bertz CT molecular complexity index is 550. The predicted octanol–water partition coefficient (Wildman–Crippen LogP) is 1.74. The number of carboxylic acid groups (broad SMARTS) is 1. The number of ether oxygens (including phenoxy) is 3. The first-order valence-corrected chi connectivity index (χ1v) is 7.13. The lowest BCUT2D eigenvalue weighted by Gasteiger charge is -2.34. The summed E-state index contributed by atoms with van der Waals surface area (Å²) < 4.78 is 16.0. The number of hydrogen-bond acceptors (Lipinski definition) is 5. The van der Waals surface area contributed by atoms with Crippen LogP contribution in [0.4, 0.5) is 0 Å². The van der Waals surface area contributed by atoms with Crippen molar-refractivity contribution < 1.29 is 24.1 Å². The maximum Gasteiger partial charge on any atom is 0.305 e. The molecule has 1 saturated heterocycles. The number of carbonyl (C=O) groups is 1. The van der Waals surface area contributed by atoms with Crippen LogP contribution < -0.4 is 9.47 Å². The summed E-state index contributed by atoms with van der Waals surface area (Å²) in [5, 5.41) is 9.50. The van der Waals surface area contributed by atoms with Crippen molar-refractivity contribution in [1.82, 2.24) is 4.90 Å². The second-order valence-corrected chi connectivity index (χ2v) is 5.52. The van der Waals surface area contributed by atoms with Gasteiger partial charge in [-0.15, -0.1) is 0 Å². The summed E-state index contributed by atoms with van der Waals surface area (Å²) in [7, 11) is 0. The highest BCUT2D eigenvalue weighted by Gasteiger charge is 2.26. The van der Waals surface area contributed by atoms with Crippen molar-refractivity contribution in [2.45, 2.75) is 19.0 Å². The minimum Gasteiger partial charge on any atom is -0.481 e. The second kappa shape index (κ2) is 6.09. The summed E-state index contributed by atoms with van der Waals surface area (Å²) in [4.78, 5) is 13.0. The van der Waals surface area contributed by atoms with Crippen LogP contribution in [-0.2, 0) is 16.1 Å². The van der Waals surface area contributed by atoms with Crippen molar-refractivity contribution in [1.29, 1.82) is 0 Å². The molecule has 0 bridgehead atoms. The van der Waals surface area contributed by atoms with Crippen LogP contribution in [0.1, 0.15) is 12.0 Å². The van der Waals surface area contributed by atoms with Crippen molar-refractivity contribution in [3.05, 3.63) is 22.7 Å². The summed E-state index contributed by atoms with van der Waals surface area (Å²) in [6.07, 6.45) is 0.0677. The van der Waals surface area contributed by atoms with E-state index in [2.05, 4.69) is 4.90 Å². The average Bonchev–Trinajstić information content (AvgIpc) is 2.89. The van der Waals surface area contributed by atoms with E-state index in [1.165, 1.54) is 0 Å². The Balaban J connectivity index is 1.75. The Morgan fingerprint density at radius 2 is 2.29 bits per heavy atom. The van der Waals surface area contributed by atoms with Gasteiger partial charge in [-0.2, -0.15) is 0 Å². The molecule has 3 rings (SSSR count). The van der Waals surface area contributed by atoms with E-state index >= 15 is 0 Å². The van der Waals surface area contributed by atoms with Gasteiger partial charge in [0.2, 0.25) is 6.79 Å². The summed E-state index contributed by atoms with van der Waals surface area (Å²) in [5.41, 5.74) is 0.974. The van der Waals surface area contributed by atoms with Crippen LogP contribution in [0.2, 0.25) is 5.02 Å². The molecule has 1 aromatic carbocycles. The SMILES string of the molecule is O=C(O)CC1COCCN1Cc1cc(Cl)c2c(c1)OCO2. The number of benzene rings is 1. The van der Waals surface area contributed by atoms with Crippen LogP contribution in [0.3, 0.4) is 0 Å². The number of carboxylic acids is 1. The zero-order chi connectivity index (χ0) is 14.8. The van der Waals surface area contributed by atoms with Gasteiger partial charge in [-0.05, 0) is 17.7 Å². The molecule has 0 aromatic heterocycles. The predicted molar refractivity (Wildman–Crippen MR) is 74.8 cm³/mol. The highest BCUT2D eigenvalue weighted by molar-refractivity contribution is 6.32. The van der Waals surface area contributed by atoms with Crippen LogP contribution in [0.15, 0.2) is 12.1 Å². The third kappa shape index (κ3) is 3.23. The molecule has 1 atom stereocenters. The largest absolute Gasteiger partial charge is 0.481 e. The number of fused-ring (bicyclic) bond motifs is 1. The van der Waals surface area contributed by atoms with Gasteiger partial charge in [0.25, 0.3) is 0 Å². The molecule has 2 aliphatic rings. The van der Waals surface area contributed by atoms with E-state index in [0.717, 1.165) is 5.56 Å². The van der Waals surface area contributed by atoms with E-state index < -0.39 is 5.97 Å². The zero-order valence-corrected chi connectivity index (χ0v) is 12.1. The van der Waals surface area contributed by atoms with Gasteiger partial charge < -0.3 is 19.3 Å². The van der Waals surface area contributed by atoms with E-state index in [0.29, 0.717) is 42.8 Å². The van der Waals surface area contributed by atoms with E-state index in [1.807, 2.05) is 12.1 Å². The van der Waals surface area contributed by atoms with Gasteiger partial charge >= 0.3 is 5.97 Å². The third-order valence-corrected chi connectivity index (χ3v) is 3.91. The van der Waals surface area contributed by atoms with E-state index in [1.54, 1.807) is 0 Å². The van der Waals surface area contributed by atoms with Gasteiger partial charge in [0.1, 0.15) is 0 Å². The molecule has 1 aromatic rings. The smallest absolute Gasteiger partial charge is 0.305 e. The Hall–Kier alpha value is -1.50. The summed E-state index contributed by atoms with van der Waals surface area (Å²) in [6, 6.07) is 3.60. The molecule has 0 radical (unpaired) electrons. The maximum absolute atomic E-state index is 10.9. The third-order valence-electron chi connectivity index (χ3n) is 3.63. The first kappa shape index (κ1) is 14.4. The molecule has 21 heavy (non-hydrogen) atoms. The van der Waals surface area contributed by atoms with Crippen molar-refractivity contribution in [2.24, 2.45) is 0 Å². The van der Waals surface area contributed by atoms with E-state index in [9.17, 15) is 4.79 Å². The standard InChI is InChI=1S/C14H16ClNO5/c15-11-3-9(4-12-14(11)21-8-20-12)6-16-1-2-19-7-10(16)5-13(17)18/h3-4,10H,1-2,5-8H2,(H,17,18). The maximum atomic E-state index is 10.9. The average molecular weight is 314 g/mol. The van der Waals surface area contributed by atoms with Crippen molar-refractivity contribution in [3.8, 4) is 11.5 Å². The van der Waals surface area contributed by atoms with Crippen LogP contribution >= 0.6 is 11.6 Å². The summed E-state index contributed by atoms with van der Waals surface area (Å²) in [5.74, 6) is 0.393. The van der Waals surface area contributed by atoms with Gasteiger partial charge in [-0.3, -0.25) is 9.69 Å².